The molecular weight excluding hydrogens is 268 g/mol. The van der Waals surface area contributed by atoms with Crippen LogP contribution in [0.3, 0.4) is 0 Å². The van der Waals surface area contributed by atoms with Crippen LogP contribution in [-0.2, 0) is 14.6 Å². The topological polar surface area (TPSA) is 97.5 Å². The number of carbonyl (C=O) groups is 1. The monoisotopic (exact) mass is 284 g/mol. The molecule has 0 aromatic carbocycles. The molecule has 2 aliphatic heterocycles. The Morgan fingerprint density at radius 2 is 1.82 bits per heavy atom. The van der Waals surface area contributed by atoms with Crippen molar-refractivity contribution in [1.29, 1.82) is 0 Å². The highest BCUT2D eigenvalue weighted by atomic mass is 35.5. The Hall–Kier alpha value is -0.370. The fourth-order valence-corrected chi connectivity index (χ4v) is 4.33. The summed E-state index contributed by atoms with van der Waals surface area (Å²) in [6.07, 6.45) is -0.187. The summed E-state index contributed by atoms with van der Waals surface area (Å²) >= 11 is 0. The third-order valence-electron chi connectivity index (χ3n) is 3.75. The molecule has 6 nitrogen and oxygen atoms in total. The third-order valence-corrected chi connectivity index (χ3v) is 5.36. The Kier molecular flexibility index (Phi) is 4.08. The van der Waals surface area contributed by atoms with Gasteiger partial charge in [-0.1, -0.05) is 0 Å². The predicted octanol–water partition coefficient (Wildman–Crippen LogP) is -5.15. The lowest BCUT2D eigenvalue weighted by atomic mass is 10.1. The first-order chi connectivity index (χ1) is 7.35. The summed E-state index contributed by atoms with van der Waals surface area (Å²) < 4.78 is 23.1. The molecule has 0 bridgehead atoms. The van der Waals surface area contributed by atoms with Crippen molar-refractivity contribution in [2.45, 2.75) is 18.6 Å². The molecule has 0 aliphatic carbocycles. The number of quaternary nitrogens is 1. The summed E-state index contributed by atoms with van der Waals surface area (Å²) in [7, 11) is -2.96. The fraction of sp³-hybridized carbons (Fsp3) is 0.889. The number of hydrogen-bond acceptors (Lipinski definition) is 4. The molecule has 2 rings (SSSR count). The van der Waals surface area contributed by atoms with E-state index in [0.29, 0.717) is 30.5 Å². The quantitative estimate of drug-likeness (QED) is 0.471. The predicted molar refractivity (Wildman–Crippen MR) is 57.1 cm³/mol. The molecule has 2 heterocycles. The van der Waals surface area contributed by atoms with Gasteiger partial charge < -0.3 is 27.7 Å². The maximum Gasteiger partial charge on any atom is 0.275 e. The Bertz CT molecular complexity index is 397. The van der Waals surface area contributed by atoms with E-state index in [4.69, 9.17) is 5.73 Å². The van der Waals surface area contributed by atoms with E-state index in [1.54, 1.807) is 0 Å². The van der Waals surface area contributed by atoms with Crippen LogP contribution < -0.4 is 18.1 Å². The van der Waals surface area contributed by atoms with Crippen molar-refractivity contribution >= 4 is 15.7 Å². The molecule has 0 saturated carbocycles. The fourth-order valence-electron chi connectivity index (χ4n) is 2.84. The van der Waals surface area contributed by atoms with E-state index in [2.05, 4.69) is 0 Å². The van der Waals surface area contributed by atoms with Gasteiger partial charge in [0.1, 0.15) is 12.6 Å². The maximum atomic E-state index is 11.4. The molecule has 3 N–H and O–H groups in total. The molecule has 1 amide bonds. The average Bonchev–Trinajstić information content (AvgIpc) is 2.50. The first kappa shape index (κ1) is 14.7. The lowest BCUT2D eigenvalue weighted by molar-refractivity contribution is -0.928. The Morgan fingerprint density at radius 1 is 1.29 bits per heavy atom. The van der Waals surface area contributed by atoms with Gasteiger partial charge in [-0.15, -0.1) is 0 Å². The maximum absolute atomic E-state index is 11.4. The second kappa shape index (κ2) is 4.72. The van der Waals surface area contributed by atoms with Crippen molar-refractivity contribution in [3.8, 4) is 0 Å². The molecule has 0 aromatic heterocycles. The number of primary amides is 1. The summed E-state index contributed by atoms with van der Waals surface area (Å²) in [6.45, 7) is 1.24. The molecule has 2 fully saturated rings. The van der Waals surface area contributed by atoms with Crippen LogP contribution in [0.1, 0.15) is 6.42 Å². The molecule has 1 spiro atoms. The number of rotatable bonds is 1. The zero-order valence-corrected chi connectivity index (χ0v) is 11.0. The van der Waals surface area contributed by atoms with Crippen LogP contribution in [0.25, 0.3) is 0 Å². The molecule has 2 saturated heterocycles. The summed E-state index contributed by atoms with van der Waals surface area (Å²) in [5.74, 6) is -0.261. The summed E-state index contributed by atoms with van der Waals surface area (Å²) in [5, 5.41) is 9.62. The lowest BCUT2D eigenvalue weighted by Gasteiger charge is -2.41. The normalized spacial score (nSPS) is 34.2. The largest absolute Gasteiger partial charge is 1.00 e. The number of hydrogen-bond donors (Lipinski definition) is 2. The van der Waals surface area contributed by atoms with E-state index in [-0.39, 0.29) is 23.9 Å². The van der Waals surface area contributed by atoms with E-state index in [1.807, 2.05) is 0 Å². The van der Waals surface area contributed by atoms with Gasteiger partial charge in [0.15, 0.2) is 15.9 Å². The first-order valence-corrected chi connectivity index (χ1v) is 7.20. The van der Waals surface area contributed by atoms with Gasteiger partial charge >= 0.3 is 0 Å². The molecule has 0 unspecified atom stereocenters. The highest BCUT2D eigenvalue weighted by Crippen LogP contribution is 2.29. The summed E-state index contributed by atoms with van der Waals surface area (Å²) in [4.78, 5) is 11.3. The second-order valence-electron chi connectivity index (χ2n) is 4.81. The average molecular weight is 285 g/mol. The minimum absolute atomic E-state index is 0. The Labute approximate surface area is 107 Å². The van der Waals surface area contributed by atoms with Crippen molar-refractivity contribution in [2.24, 2.45) is 5.73 Å². The molecule has 100 valence electrons. The van der Waals surface area contributed by atoms with Crippen LogP contribution >= 0.6 is 0 Å². The van der Waals surface area contributed by atoms with Crippen LogP contribution in [0.5, 0.6) is 0 Å². The van der Waals surface area contributed by atoms with E-state index in [1.165, 1.54) is 0 Å². The number of aliphatic hydroxyl groups is 1. The summed E-state index contributed by atoms with van der Waals surface area (Å²) in [5.41, 5.74) is 5.32. The van der Waals surface area contributed by atoms with Crippen molar-refractivity contribution < 1.29 is 35.2 Å². The molecular formula is C9H17ClN2O4S. The van der Waals surface area contributed by atoms with Crippen molar-refractivity contribution in [3.05, 3.63) is 0 Å². The SMILES string of the molecule is NC(=O)[C@@H]1C[C@@H](O)C[N+]12CCS(=O)(=O)CC2.[Cl-]. The molecule has 0 radical (unpaired) electrons. The van der Waals surface area contributed by atoms with Crippen LogP contribution in [0.15, 0.2) is 0 Å². The highest BCUT2D eigenvalue weighted by Gasteiger charge is 2.51. The molecule has 2 atom stereocenters. The Balaban J connectivity index is 0.00000144. The van der Waals surface area contributed by atoms with Gasteiger partial charge in [-0.2, -0.15) is 0 Å². The lowest BCUT2D eigenvalue weighted by Crippen LogP contribution is -3.00. The van der Waals surface area contributed by atoms with Crippen molar-refractivity contribution in [3.63, 3.8) is 0 Å². The van der Waals surface area contributed by atoms with Gasteiger partial charge in [-0.25, -0.2) is 8.42 Å². The van der Waals surface area contributed by atoms with E-state index < -0.39 is 27.9 Å². The molecule has 2 aliphatic rings. The van der Waals surface area contributed by atoms with Gasteiger partial charge in [-0.3, -0.25) is 4.79 Å². The van der Waals surface area contributed by atoms with Crippen LogP contribution in [0.2, 0.25) is 0 Å². The smallest absolute Gasteiger partial charge is 0.275 e. The Morgan fingerprint density at radius 3 is 2.29 bits per heavy atom. The molecule has 0 aromatic rings. The van der Waals surface area contributed by atoms with Gasteiger partial charge in [0, 0.05) is 6.42 Å². The van der Waals surface area contributed by atoms with Crippen LogP contribution in [0.4, 0.5) is 0 Å². The second-order valence-corrected chi connectivity index (χ2v) is 7.11. The zero-order chi connectivity index (χ0) is 12.0. The minimum atomic E-state index is -2.96. The summed E-state index contributed by atoms with van der Waals surface area (Å²) in [6, 6.07) is -0.425. The highest BCUT2D eigenvalue weighted by molar-refractivity contribution is 7.91. The van der Waals surface area contributed by atoms with E-state index in [9.17, 15) is 18.3 Å². The van der Waals surface area contributed by atoms with E-state index >= 15 is 0 Å². The number of amides is 1. The minimum Gasteiger partial charge on any atom is -1.00 e. The molecule has 17 heavy (non-hydrogen) atoms. The van der Waals surface area contributed by atoms with Gasteiger partial charge in [0.05, 0.1) is 24.6 Å². The number of nitrogens with two attached hydrogens (primary N) is 1. The number of carbonyl (C=O) groups excluding carboxylic acids is 1. The van der Waals surface area contributed by atoms with Crippen LogP contribution in [0, 0.1) is 0 Å². The zero-order valence-electron chi connectivity index (χ0n) is 9.38. The number of aliphatic hydroxyl groups excluding tert-OH is 1. The number of sulfone groups is 1. The molecule has 8 heteroatoms. The van der Waals surface area contributed by atoms with E-state index in [0.717, 1.165) is 0 Å². The van der Waals surface area contributed by atoms with Crippen molar-refractivity contribution in [2.75, 3.05) is 31.1 Å². The van der Waals surface area contributed by atoms with Gasteiger partial charge in [-0.05, 0) is 0 Å². The first-order valence-electron chi connectivity index (χ1n) is 5.38. The number of halogens is 1. The third kappa shape index (κ3) is 2.73. The van der Waals surface area contributed by atoms with Crippen molar-refractivity contribution in [1.82, 2.24) is 0 Å². The van der Waals surface area contributed by atoms with Crippen LogP contribution in [-0.4, -0.2) is 67.2 Å². The van der Waals surface area contributed by atoms with Gasteiger partial charge in [0.25, 0.3) is 5.91 Å². The number of nitrogens with zero attached hydrogens (tertiary/aromatic N) is 1. The van der Waals surface area contributed by atoms with Gasteiger partial charge in [0.2, 0.25) is 0 Å². The standard InChI is InChI=1S/C9H16N2O4S.ClH/c10-9(13)8-5-7(12)6-11(8)1-3-16(14,15)4-2-11;/h7-8,12H,1-6H2,(H-,10,13);1H/t7-,8+;/m1./s1.